The smallest absolute Gasteiger partial charge is 0.255 e. The standard InChI is InChI=1S/C17H22Cl2N2O2/c18-15-5-1-4-14(16(15)19)17(22)21-6-2-3-13(12-21)11-20-7-9-23-10-8-20/h1,4-5,13H,2-3,6-12H2. The van der Waals surface area contributed by atoms with Crippen molar-refractivity contribution in [3.63, 3.8) is 0 Å². The molecule has 0 N–H and O–H groups in total. The number of rotatable bonds is 3. The highest BCUT2D eigenvalue weighted by atomic mass is 35.5. The molecule has 4 nitrogen and oxygen atoms in total. The third kappa shape index (κ3) is 4.18. The minimum Gasteiger partial charge on any atom is -0.379 e. The van der Waals surface area contributed by atoms with Gasteiger partial charge in [0.2, 0.25) is 0 Å². The van der Waals surface area contributed by atoms with E-state index in [0.717, 1.165) is 52.4 Å². The number of benzene rings is 1. The average Bonchev–Trinajstić information content (AvgIpc) is 2.58. The number of carbonyl (C=O) groups is 1. The molecule has 0 radical (unpaired) electrons. The van der Waals surface area contributed by atoms with Crippen molar-refractivity contribution in [3.05, 3.63) is 33.8 Å². The monoisotopic (exact) mass is 356 g/mol. The first-order chi connectivity index (χ1) is 11.1. The van der Waals surface area contributed by atoms with Crippen LogP contribution in [0.3, 0.4) is 0 Å². The number of piperidine rings is 1. The van der Waals surface area contributed by atoms with Gasteiger partial charge in [0.25, 0.3) is 5.91 Å². The molecular formula is C17H22Cl2N2O2. The largest absolute Gasteiger partial charge is 0.379 e. The van der Waals surface area contributed by atoms with Crippen LogP contribution >= 0.6 is 23.2 Å². The number of hydrogen-bond donors (Lipinski definition) is 0. The van der Waals surface area contributed by atoms with Crippen LogP contribution in [0.25, 0.3) is 0 Å². The van der Waals surface area contributed by atoms with Crippen molar-refractivity contribution in [2.24, 2.45) is 5.92 Å². The maximum atomic E-state index is 12.8. The maximum Gasteiger partial charge on any atom is 0.255 e. The molecule has 1 aromatic carbocycles. The summed E-state index contributed by atoms with van der Waals surface area (Å²) in [5.74, 6) is 0.507. The fraction of sp³-hybridized carbons (Fsp3) is 0.588. The predicted molar refractivity (Wildman–Crippen MR) is 92.3 cm³/mol. The first-order valence-electron chi connectivity index (χ1n) is 8.18. The van der Waals surface area contributed by atoms with Gasteiger partial charge in [-0.2, -0.15) is 0 Å². The van der Waals surface area contributed by atoms with Crippen LogP contribution in [0.1, 0.15) is 23.2 Å². The van der Waals surface area contributed by atoms with Crippen LogP contribution in [0.4, 0.5) is 0 Å². The lowest BCUT2D eigenvalue weighted by atomic mass is 9.96. The third-order valence-electron chi connectivity index (χ3n) is 4.61. The van der Waals surface area contributed by atoms with Gasteiger partial charge in [-0.05, 0) is 30.9 Å². The first-order valence-corrected chi connectivity index (χ1v) is 8.94. The van der Waals surface area contributed by atoms with Crippen LogP contribution in [0.15, 0.2) is 18.2 Å². The fourth-order valence-corrected chi connectivity index (χ4v) is 3.77. The van der Waals surface area contributed by atoms with Gasteiger partial charge in [0.1, 0.15) is 0 Å². The van der Waals surface area contributed by atoms with Gasteiger partial charge in [-0.25, -0.2) is 0 Å². The van der Waals surface area contributed by atoms with E-state index in [-0.39, 0.29) is 5.91 Å². The number of halogens is 2. The van der Waals surface area contributed by atoms with E-state index in [9.17, 15) is 4.79 Å². The topological polar surface area (TPSA) is 32.8 Å². The summed E-state index contributed by atoms with van der Waals surface area (Å²) in [6, 6.07) is 5.23. The van der Waals surface area contributed by atoms with Crippen LogP contribution in [0.2, 0.25) is 10.0 Å². The second-order valence-corrected chi connectivity index (χ2v) is 7.06. The molecule has 1 unspecified atom stereocenters. The normalized spacial score (nSPS) is 23.0. The minimum absolute atomic E-state index is 0.0100. The van der Waals surface area contributed by atoms with Gasteiger partial charge in [0.15, 0.2) is 0 Å². The van der Waals surface area contributed by atoms with Gasteiger partial charge in [0, 0.05) is 32.7 Å². The molecule has 0 saturated carbocycles. The van der Waals surface area contributed by atoms with Crippen molar-refractivity contribution in [1.82, 2.24) is 9.80 Å². The Morgan fingerprint density at radius 3 is 2.78 bits per heavy atom. The Morgan fingerprint density at radius 1 is 1.22 bits per heavy atom. The first kappa shape index (κ1) is 17.0. The van der Waals surface area contributed by atoms with E-state index in [4.69, 9.17) is 27.9 Å². The molecule has 1 amide bonds. The highest BCUT2D eigenvalue weighted by Crippen LogP contribution is 2.28. The van der Waals surface area contributed by atoms with Crippen LogP contribution in [-0.2, 0) is 4.74 Å². The molecule has 3 rings (SSSR count). The Morgan fingerprint density at radius 2 is 2.00 bits per heavy atom. The second-order valence-electron chi connectivity index (χ2n) is 6.27. The fourth-order valence-electron chi connectivity index (χ4n) is 3.39. The number of likely N-dealkylation sites (tertiary alicyclic amines) is 1. The Labute approximate surface area is 147 Å². The molecule has 0 aliphatic carbocycles. The number of nitrogens with zero attached hydrogens (tertiary/aromatic N) is 2. The van der Waals surface area contributed by atoms with E-state index in [0.29, 0.717) is 21.5 Å². The SMILES string of the molecule is O=C(c1cccc(Cl)c1Cl)N1CCCC(CN2CCOCC2)C1. The molecule has 126 valence electrons. The van der Waals surface area contributed by atoms with Crippen molar-refractivity contribution >= 4 is 29.1 Å². The van der Waals surface area contributed by atoms with Gasteiger partial charge >= 0.3 is 0 Å². The molecule has 1 atom stereocenters. The second kappa shape index (κ2) is 7.84. The zero-order valence-corrected chi connectivity index (χ0v) is 14.7. The van der Waals surface area contributed by atoms with E-state index < -0.39 is 0 Å². The molecule has 0 bridgehead atoms. The molecule has 2 heterocycles. The zero-order valence-electron chi connectivity index (χ0n) is 13.1. The summed E-state index contributed by atoms with van der Waals surface area (Å²) in [5, 5.41) is 0.786. The minimum atomic E-state index is -0.0100. The van der Waals surface area contributed by atoms with Gasteiger partial charge in [-0.1, -0.05) is 29.3 Å². The number of ether oxygens (including phenoxy) is 1. The van der Waals surface area contributed by atoms with Gasteiger partial charge in [-0.15, -0.1) is 0 Å². The quantitative estimate of drug-likeness (QED) is 0.833. The lowest BCUT2D eigenvalue weighted by Crippen LogP contribution is -2.46. The van der Waals surface area contributed by atoms with Crippen LogP contribution < -0.4 is 0 Å². The van der Waals surface area contributed by atoms with E-state index in [1.165, 1.54) is 6.42 Å². The van der Waals surface area contributed by atoms with Crippen LogP contribution in [-0.4, -0.2) is 61.6 Å². The molecule has 0 spiro atoms. The Balaban J connectivity index is 1.63. The highest BCUT2D eigenvalue weighted by molar-refractivity contribution is 6.43. The molecular weight excluding hydrogens is 335 g/mol. The van der Waals surface area contributed by atoms with Crippen LogP contribution in [0, 0.1) is 5.92 Å². The summed E-state index contributed by atoms with van der Waals surface area (Å²) >= 11 is 12.2. The van der Waals surface area contributed by atoms with Crippen molar-refractivity contribution < 1.29 is 9.53 Å². The Hall–Kier alpha value is -0.810. The van der Waals surface area contributed by atoms with E-state index >= 15 is 0 Å². The zero-order chi connectivity index (χ0) is 16.2. The number of morpholine rings is 1. The molecule has 0 aromatic heterocycles. The lowest BCUT2D eigenvalue weighted by molar-refractivity contribution is 0.0224. The van der Waals surface area contributed by atoms with Gasteiger partial charge in [-0.3, -0.25) is 9.69 Å². The molecule has 2 aliphatic rings. The Kier molecular flexibility index (Phi) is 5.81. The average molecular weight is 357 g/mol. The highest BCUT2D eigenvalue weighted by Gasteiger charge is 2.27. The summed E-state index contributed by atoms with van der Waals surface area (Å²) in [5.41, 5.74) is 0.506. The predicted octanol–water partition coefficient (Wildman–Crippen LogP) is 3.18. The number of amides is 1. The van der Waals surface area contributed by atoms with E-state index in [1.54, 1.807) is 18.2 Å². The van der Waals surface area contributed by atoms with Crippen LogP contribution in [0.5, 0.6) is 0 Å². The molecule has 23 heavy (non-hydrogen) atoms. The Bertz CT molecular complexity index is 562. The molecule has 2 fully saturated rings. The molecule has 6 heteroatoms. The van der Waals surface area contributed by atoms with Crippen molar-refractivity contribution in [2.45, 2.75) is 12.8 Å². The molecule has 2 saturated heterocycles. The molecule has 2 aliphatic heterocycles. The van der Waals surface area contributed by atoms with E-state index in [1.807, 2.05) is 4.90 Å². The van der Waals surface area contributed by atoms with E-state index in [2.05, 4.69) is 4.90 Å². The number of hydrogen-bond acceptors (Lipinski definition) is 3. The van der Waals surface area contributed by atoms with Gasteiger partial charge < -0.3 is 9.64 Å². The maximum absolute atomic E-state index is 12.8. The third-order valence-corrected chi connectivity index (χ3v) is 5.43. The number of carbonyl (C=O) groups excluding carboxylic acids is 1. The lowest BCUT2D eigenvalue weighted by Gasteiger charge is -2.37. The summed E-state index contributed by atoms with van der Waals surface area (Å²) in [6.07, 6.45) is 2.21. The summed E-state index contributed by atoms with van der Waals surface area (Å²) < 4.78 is 5.40. The summed E-state index contributed by atoms with van der Waals surface area (Å²) in [4.78, 5) is 17.1. The summed E-state index contributed by atoms with van der Waals surface area (Å²) in [7, 11) is 0. The summed E-state index contributed by atoms with van der Waals surface area (Å²) in [6.45, 7) is 6.23. The van der Waals surface area contributed by atoms with Crippen molar-refractivity contribution in [1.29, 1.82) is 0 Å². The van der Waals surface area contributed by atoms with Gasteiger partial charge in [0.05, 0.1) is 28.8 Å². The molecule has 1 aromatic rings. The van der Waals surface area contributed by atoms with Crippen molar-refractivity contribution in [3.8, 4) is 0 Å². The van der Waals surface area contributed by atoms with Crippen molar-refractivity contribution in [2.75, 3.05) is 45.9 Å².